The van der Waals surface area contributed by atoms with Gasteiger partial charge in [0.25, 0.3) is 0 Å². The minimum Gasteiger partial charge on any atom is -0.495 e. The van der Waals surface area contributed by atoms with Crippen LogP contribution in [-0.2, 0) is 39.6 Å². The summed E-state index contributed by atoms with van der Waals surface area (Å²) >= 11 is 6.48. The van der Waals surface area contributed by atoms with Crippen LogP contribution in [0.25, 0.3) is 0 Å². The summed E-state index contributed by atoms with van der Waals surface area (Å²) in [7, 11) is 1.51. The van der Waals surface area contributed by atoms with Crippen molar-refractivity contribution in [3.05, 3.63) is 58.4 Å². The van der Waals surface area contributed by atoms with E-state index in [4.69, 9.17) is 49.5 Å². The number of methoxy groups -OCH3 is 1. The van der Waals surface area contributed by atoms with Crippen molar-refractivity contribution in [3.8, 4) is 5.75 Å². The van der Waals surface area contributed by atoms with E-state index in [1.54, 1.807) is 37.4 Å². The first-order chi connectivity index (χ1) is 19.7. The van der Waals surface area contributed by atoms with Crippen LogP contribution in [0.4, 0.5) is 18.8 Å². The van der Waals surface area contributed by atoms with E-state index in [-0.39, 0.29) is 26.2 Å². The number of pyridine rings is 1. The van der Waals surface area contributed by atoms with Gasteiger partial charge >= 0.3 is 18.5 Å². The average Bonchev–Trinajstić information content (AvgIpc) is 2.94. The van der Waals surface area contributed by atoms with Gasteiger partial charge < -0.3 is 37.9 Å². The monoisotopic (exact) mass is 599 g/mol. The first kappa shape index (κ1) is 31.7. The molecule has 14 heteroatoms. The van der Waals surface area contributed by atoms with Gasteiger partial charge in [-0.05, 0) is 50.1 Å². The van der Waals surface area contributed by atoms with Crippen molar-refractivity contribution in [2.75, 3.05) is 26.9 Å². The summed E-state index contributed by atoms with van der Waals surface area (Å²) < 4.78 is 57.0. The number of rotatable bonds is 10. The number of carbonyl (C=O) groups excluding carboxylic acids is 3. The second-order valence-corrected chi connectivity index (χ2v) is 8.79. The highest BCUT2D eigenvalue weighted by molar-refractivity contribution is 6.31. The standard InChI is InChI=1S/C27H31ClFNO11/c1-5-35-25(31)39-22-20(29)24(41-27(33)37-7-3)38-21(23(22)40-26(32)36-6-2)15-10-11-17(28)16(13-15)14-18-19(34-4)9-8-12-30-18/h8-13,20-24H,5-7,14H2,1-4H3/t20?,21-,22-,23-,24+/m0/s1. The Morgan fingerprint density at radius 1 is 0.927 bits per heavy atom. The number of ether oxygens (including phenoxy) is 8. The molecule has 1 aromatic carbocycles. The molecule has 0 bridgehead atoms. The van der Waals surface area contributed by atoms with Crippen molar-refractivity contribution < 1.29 is 56.7 Å². The topological polar surface area (TPSA) is 138 Å². The molecule has 1 aliphatic rings. The van der Waals surface area contributed by atoms with Crippen LogP contribution in [-0.4, -0.2) is 75.1 Å². The number of benzene rings is 1. The molecule has 1 unspecified atom stereocenters. The van der Waals surface area contributed by atoms with Crippen LogP contribution in [0.2, 0.25) is 5.02 Å². The fourth-order valence-electron chi connectivity index (χ4n) is 4.03. The zero-order valence-electron chi connectivity index (χ0n) is 22.9. The van der Waals surface area contributed by atoms with E-state index < -0.39 is 49.2 Å². The molecule has 12 nitrogen and oxygen atoms in total. The van der Waals surface area contributed by atoms with Crippen LogP contribution in [0.3, 0.4) is 0 Å². The Labute approximate surface area is 240 Å². The Morgan fingerprint density at radius 3 is 2.15 bits per heavy atom. The first-order valence-electron chi connectivity index (χ1n) is 12.8. The lowest BCUT2D eigenvalue weighted by atomic mass is 9.92. The number of hydrogen-bond donors (Lipinski definition) is 0. The summed E-state index contributed by atoms with van der Waals surface area (Å²) in [4.78, 5) is 41.1. The number of halogens is 2. The quantitative estimate of drug-likeness (QED) is 0.258. The van der Waals surface area contributed by atoms with E-state index in [1.807, 2.05) is 0 Å². The maximum absolute atomic E-state index is 15.7. The van der Waals surface area contributed by atoms with Gasteiger partial charge in [0.05, 0.1) is 32.6 Å². The number of hydrogen-bond acceptors (Lipinski definition) is 12. The molecule has 41 heavy (non-hydrogen) atoms. The van der Waals surface area contributed by atoms with Gasteiger partial charge in [0, 0.05) is 17.6 Å². The SMILES string of the molecule is CCOC(=O)O[C@H]1O[C@@H](c2ccc(Cl)c(Cc3ncccc3OC)c2)[C@H](OC(=O)OCC)[C@@H](OC(=O)OCC)C1F. The molecule has 3 rings (SSSR count). The molecule has 0 amide bonds. The molecule has 2 heterocycles. The highest BCUT2D eigenvalue weighted by atomic mass is 35.5. The van der Waals surface area contributed by atoms with Gasteiger partial charge in [-0.2, -0.15) is 0 Å². The molecule has 0 aliphatic carbocycles. The van der Waals surface area contributed by atoms with Gasteiger partial charge in [-0.25, -0.2) is 18.8 Å². The molecule has 0 spiro atoms. The molecule has 224 valence electrons. The van der Waals surface area contributed by atoms with Crippen LogP contribution in [0, 0.1) is 0 Å². The fraction of sp³-hybridized carbons (Fsp3) is 0.481. The van der Waals surface area contributed by atoms with E-state index in [0.29, 0.717) is 27.6 Å². The Kier molecular flexibility index (Phi) is 11.8. The number of aromatic nitrogens is 1. The number of alkyl halides is 1. The van der Waals surface area contributed by atoms with E-state index in [1.165, 1.54) is 27.0 Å². The average molecular weight is 600 g/mol. The molecule has 0 radical (unpaired) electrons. The van der Waals surface area contributed by atoms with Crippen molar-refractivity contribution in [2.45, 2.75) is 58.0 Å². The molecule has 1 fully saturated rings. The van der Waals surface area contributed by atoms with Crippen molar-refractivity contribution >= 4 is 30.1 Å². The molecule has 5 atom stereocenters. The molecular formula is C27H31ClFNO11. The molecular weight excluding hydrogens is 569 g/mol. The fourth-order valence-corrected chi connectivity index (χ4v) is 4.21. The largest absolute Gasteiger partial charge is 0.510 e. The van der Waals surface area contributed by atoms with Crippen LogP contribution >= 0.6 is 11.6 Å². The van der Waals surface area contributed by atoms with Crippen molar-refractivity contribution in [3.63, 3.8) is 0 Å². The van der Waals surface area contributed by atoms with Crippen LogP contribution in [0.15, 0.2) is 36.5 Å². The first-order valence-corrected chi connectivity index (χ1v) is 13.2. The number of carbonyl (C=O) groups is 3. The minimum absolute atomic E-state index is 0.0505. The van der Waals surface area contributed by atoms with E-state index >= 15 is 4.39 Å². The second kappa shape index (κ2) is 15.2. The molecule has 1 aromatic heterocycles. The third kappa shape index (κ3) is 8.33. The predicted octanol–water partition coefficient (Wildman–Crippen LogP) is 5.33. The van der Waals surface area contributed by atoms with Crippen LogP contribution in [0.1, 0.15) is 43.7 Å². The molecule has 1 saturated heterocycles. The number of nitrogens with zero attached hydrogens (tertiary/aromatic N) is 1. The zero-order valence-corrected chi connectivity index (χ0v) is 23.6. The summed E-state index contributed by atoms with van der Waals surface area (Å²) in [5, 5.41) is 0.363. The summed E-state index contributed by atoms with van der Waals surface area (Å²) in [6.45, 7) is 4.41. The van der Waals surface area contributed by atoms with Gasteiger partial charge in [0.2, 0.25) is 12.5 Å². The lowest BCUT2D eigenvalue weighted by molar-refractivity contribution is -0.274. The lowest BCUT2D eigenvalue weighted by Gasteiger charge is -2.41. The van der Waals surface area contributed by atoms with Gasteiger partial charge in [-0.3, -0.25) is 4.98 Å². The van der Waals surface area contributed by atoms with Crippen LogP contribution < -0.4 is 4.74 Å². The second-order valence-electron chi connectivity index (χ2n) is 8.38. The summed E-state index contributed by atoms with van der Waals surface area (Å²) in [5.74, 6) is 0.525. The van der Waals surface area contributed by atoms with Gasteiger partial charge in [0.15, 0.2) is 12.2 Å². The third-order valence-corrected chi connectivity index (χ3v) is 6.13. The minimum atomic E-state index is -2.32. The third-order valence-electron chi connectivity index (χ3n) is 5.76. The lowest BCUT2D eigenvalue weighted by Crippen LogP contribution is -2.56. The highest BCUT2D eigenvalue weighted by Gasteiger charge is 2.53. The van der Waals surface area contributed by atoms with E-state index in [9.17, 15) is 14.4 Å². The Balaban J connectivity index is 2.06. The normalized spacial score (nSPS) is 21.8. The maximum Gasteiger partial charge on any atom is 0.510 e. The van der Waals surface area contributed by atoms with Gasteiger partial charge in [-0.1, -0.05) is 23.7 Å². The van der Waals surface area contributed by atoms with E-state index in [2.05, 4.69) is 4.98 Å². The molecule has 0 saturated carbocycles. The van der Waals surface area contributed by atoms with Gasteiger partial charge in [0.1, 0.15) is 11.9 Å². The van der Waals surface area contributed by atoms with Crippen LogP contribution in [0.5, 0.6) is 5.75 Å². The Hall–Kier alpha value is -3.84. The molecule has 1 aliphatic heterocycles. The summed E-state index contributed by atoms with van der Waals surface area (Å²) in [6.07, 6.45) is -10.8. The predicted molar refractivity (Wildman–Crippen MR) is 139 cm³/mol. The van der Waals surface area contributed by atoms with Gasteiger partial charge in [-0.15, -0.1) is 0 Å². The molecule has 2 aromatic rings. The Bertz CT molecular complexity index is 1200. The van der Waals surface area contributed by atoms with Crippen molar-refractivity contribution in [1.82, 2.24) is 4.98 Å². The Morgan fingerprint density at radius 2 is 1.54 bits per heavy atom. The maximum atomic E-state index is 15.7. The molecule has 0 N–H and O–H groups in total. The summed E-state index contributed by atoms with van der Waals surface area (Å²) in [5.41, 5.74) is 1.46. The smallest absolute Gasteiger partial charge is 0.495 e. The van der Waals surface area contributed by atoms with Crippen molar-refractivity contribution in [2.24, 2.45) is 0 Å². The van der Waals surface area contributed by atoms with E-state index in [0.717, 1.165) is 0 Å². The zero-order chi connectivity index (χ0) is 29.9. The highest BCUT2D eigenvalue weighted by Crippen LogP contribution is 2.39. The summed E-state index contributed by atoms with van der Waals surface area (Å²) in [6, 6.07) is 8.16. The van der Waals surface area contributed by atoms with Crippen molar-refractivity contribution in [1.29, 1.82) is 0 Å².